The van der Waals surface area contributed by atoms with E-state index in [2.05, 4.69) is 369 Å². The van der Waals surface area contributed by atoms with E-state index in [4.69, 9.17) is 43.2 Å². The normalized spacial score (nSPS) is 12.5. The molecule has 16 aromatic carbocycles. The molecule has 0 bridgehead atoms. The lowest BCUT2D eigenvalue weighted by Gasteiger charge is -2.21. The average Bonchev–Trinajstić information content (AvgIpc) is 1.55. The summed E-state index contributed by atoms with van der Waals surface area (Å²) in [5.74, 6) is 2.07. The maximum absolute atomic E-state index is 6.87. The quantitative estimate of drug-likeness (QED) is 0.139. The van der Waals surface area contributed by atoms with Gasteiger partial charge < -0.3 is 27.0 Å². The lowest BCUT2D eigenvalue weighted by molar-refractivity contribution is 0.653. The van der Waals surface area contributed by atoms with E-state index in [1.165, 1.54) is 91.0 Å². The number of furan rings is 3. The first-order chi connectivity index (χ1) is 64.5. The van der Waals surface area contributed by atoms with Gasteiger partial charge in [0.15, 0.2) is 28.6 Å². The molecule has 11 heterocycles. The number of fused-ring (bicyclic) bond motifs is 26. The number of thiophene rings is 2. The minimum atomic E-state index is -0.120. The zero-order chi connectivity index (χ0) is 86.8. The van der Waals surface area contributed by atoms with Crippen molar-refractivity contribution in [2.75, 3.05) is 0 Å². The second-order valence-corrected chi connectivity index (χ2v) is 36.4. The molecule has 1 aliphatic carbocycles. The fraction of sp³-hybridized carbons (Fsp3) is 0.0427. The van der Waals surface area contributed by atoms with E-state index < -0.39 is 0 Å². The molecule has 0 spiro atoms. The van der Waals surface area contributed by atoms with Crippen molar-refractivity contribution in [2.24, 2.45) is 0 Å². The number of benzene rings is 16. The zero-order valence-electron chi connectivity index (χ0n) is 71.4. The standard InChI is InChI=1S/C43H29N3O.C38H25N3OS.C36H21N3OS/c1-43(2)33-20-9-6-19-31(33)37-34(43)24-23-32-39-41(47-40(32)37)38(26-13-4-3-5-14-26)44-42(45-39)27-15-12-16-28(25-27)46-35-21-10-7-17-29(35)30-18-8-11-22-36(30)46;1-22-23(2)41(30-14-8-6-12-27(22)30)26-18-16-25(17-19-26)38-39-34(24-10-4-3-5-11-24)37-35(40-38)29-20-21-32-33(36(29)43-37)28-13-7-9-15-31(28)42-32;1-2-9-23(10-3-1)32-35-33(27-18-19-30-31(34(27)40-35)26-11-5-7-13-29(26)41-30)38-36(37-32)24-14-16-25(17-15-24)39-21-20-22-8-4-6-12-28(22)39/h3-25H,1-2H3;3-21H,1-2H3;1-21H. The first-order valence-electron chi connectivity index (χ1n) is 44.1. The molecule has 11 aromatic heterocycles. The maximum Gasteiger partial charge on any atom is 0.180 e. The molecule has 12 nitrogen and oxygen atoms in total. The van der Waals surface area contributed by atoms with Crippen LogP contribution < -0.4 is 0 Å². The van der Waals surface area contributed by atoms with Crippen molar-refractivity contribution in [1.29, 1.82) is 0 Å². The Bertz CT molecular complexity index is 9300. The second-order valence-electron chi connectivity index (χ2n) is 34.3. The van der Waals surface area contributed by atoms with Crippen LogP contribution in [-0.2, 0) is 5.41 Å². The van der Waals surface area contributed by atoms with Crippen LogP contribution in [0.25, 0.3) is 246 Å². The minimum absolute atomic E-state index is 0.120. The second kappa shape index (κ2) is 29.8. The number of nitrogens with zero attached hydrogens (tertiary/aromatic N) is 9. The Kier molecular flexibility index (Phi) is 17.2. The first kappa shape index (κ1) is 75.8. The van der Waals surface area contributed by atoms with Crippen molar-refractivity contribution < 1.29 is 13.3 Å². The van der Waals surface area contributed by atoms with Crippen molar-refractivity contribution in [1.82, 2.24) is 43.6 Å². The topological polar surface area (TPSA) is 132 Å². The Morgan fingerprint density at radius 2 is 0.809 bits per heavy atom. The molecular formula is C117H75N9O3S2. The highest BCUT2D eigenvalue weighted by molar-refractivity contribution is 7.27. The average molecular weight is 1720 g/mol. The molecule has 0 unspecified atom stereocenters. The van der Waals surface area contributed by atoms with Gasteiger partial charge in [0.2, 0.25) is 0 Å². The Balaban J connectivity index is 0.000000103. The molecule has 618 valence electrons. The molecule has 0 amide bonds. The highest BCUT2D eigenvalue weighted by Gasteiger charge is 2.38. The fourth-order valence-electron chi connectivity index (χ4n) is 20.2. The molecule has 28 rings (SSSR count). The van der Waals surface area contributed by atoms with E-state index in [0.29, 0.717) is 22.8 Å². The van der Waals surface area contributed by atoms with E-state index in [-0.39, 0.29) is 5.41 Å². The number of para-hydroxylation sites is 5. The SMILES string of the molecule is CC1(C)c2ccccc2-c2c1ccc1c2oc2c(-c3ccccc3)nc(-c3cccc(-n4c5ccccc5c5ccccc54)c3)nc21.Cc1c(C)n(-c2ccc(-c3nc(-c4ccccc4)c4sc5c(ccc6oc7ccccc7c65)c4n3)cc2)c2ccccc12.c1ccc(-c2nc(-c3ccc(-n4ccc5ccccc54)cc3)nc3c2oc2c3ccc3sc4ccccc4c32)cc1. The van der Waals surface area contributed by atoms with Crippen LogP contribution in [0.5, 0.6) is 0 Å². The van der Waals surface area contributed by atoms with Gasteiger partial charge in [0.05, 0.1) is 38.0 Å². The summed E-state index contributed by atoms with van der Waals surface area (Å²) in [6.07, 6.45) is 2.11. The third-order valence-electron chi connectivity index (χ3n) is 26.6. The van der Waals surface area contributed by atoms with Crippen molar-refractivity contribution in [3.8, 4) is 96.1 Å². The Labute approximate surface area is 758 Å². The van der Waals surface area contributed by atoms with Crippen LogP contribution in [0.1, 0.15) is 36.2 Å². The molecule has 27 aromatic rings. The largest absolute Gasteiger partial charge is 0.456 e. The summed E-state index contributed by atoms with van der Waals surface area (Å²) in [5, 5.41) is 12.7. The van der Waals surface area contributed by atoms with Gasteiger partial charge in [-0.3, -0.25) is 0 Å². The smallest absolute Gasteiger partial charge is 0.180 e. The van der Waals surface area contributed by atoms with E-state index in [1.54, 1.807) is 22.7 Å². The molecule has 0 aliphatic heterocycles. The van der Waals surface area contributed by atoms with Gasteiger partial charge in [-0.05, 0) is 175 Å². The molecule has 0 radical (unpaired) electrons. The molecule has 0 fully saturated rings. The third kappa shape index (κ3) is 12.0. The van der Waals surface area contributed by atoms with Gasteiger partial charge in [0.1, 0.15) is 44.8 Å². The lowest BCUT2D eigenvalue weighted by atomic mass is 9.82. The van der Waals surface area contributed by atoms with Gasteiger partial charge in [-0.15, -0.1) is 22.7 Å². The van der Waals surface area contributed by atoms with Gasteiger partial charge in [0.25, 0.3) is 0 Å². The predicted molar refractivity (Wildman–Crippen MR) is 541 cm³/mol. The number of aryl methyl sites for hydroxylation is 1. The number of hydrogen-bond acceptors (Lipinski definition) is 11. The highest BCUT2D eigenvalue weighted by atomic mass is 32.1. The molecule has 0 saturated heterocycles. The van der Waals surface area contributed by atoms with Crippen LogP contribution in [0.4, 0.5) is 0 Å². The van der Waals surface area contributed by atoms with Gasteiger partial charge in [-0.25, -0.2) is 29.9 Å². The predicted octanol–water partition coefficient (Wildman–Crippen LogP) is 31.8. The van der Waals surface area contributed by atoms with Crippen molar-refractivity contribution in [3.63, 3.8) is 0 Å². The highest BCUT2D eigenvalue weighted by Crippen LogP contribution is 2.54. The Morgan fingerprint density at radius 1 is 0.290 bits per heavy atom. The summed E-state index contributed by atoms with van der Waals surface area (Å²) in [7, 11) is 0. The van der Waals surface area contributed by atoms with Crippen LogP contribution in [0.2, 0.25) is 0 Å². The van der Waals surface area contributed by atoms with E-state index in [9.17, 15) is 0 Å². The number of aromatic nitrogens is 9. The summed E-state index contributed by atoms with van der Waals surface area (Å²) in [4.78, 5) is 31.2. The summed E-state index contributed by atoms with van der Waals surface area (Å²) in [6.45, 7) is 8.98. The van der Waals surface area contributed by atoms with Gasteiger partial charge in [-0.1, -0.05) is 257 Å². The van der Waals surface area contributed by atoms with Gasteiger partial charge in [-0.2, -0.15) is 0 Å². The minimum Gasteiger partial charge on any atom is -0.456 e. The van der Waals surface area contributed by atoms with Crippen LogP contribution in [0.3, 0.4) is 0 Å². The molecule has 131 heavy (non-hydrogen) atoms. The Morgan fingerprint density at radius 3 is 1.50 bits per heavy atom. The molecular weight excluding hydrogens is 1640 g/mol. The third-order valence-corrected chi connectivity index (χ3v) is 28.9. The molecule has 0 N–H and O–H groups in total. The maximum atomic E-state index is 6.87. The van der Waals surface area contributed by atoms with E-state index in [1.807, 2.05) is 54.6 Å². The van der Waals surface area contributed by atoms with Crippen LogP contribution in [-0.4, -0.2) is 43.6 Å². The molecule has 0 saturated carbocycles. The summed E-state index contributed by atoms with van der Waals surface area (Å²) in [5.41, 5.74) is 31.6. The lowest BCUT2D eigenvalue weighted by Crippen LogP contribution is -2.14. The molecule has 1 aliphatic rings. The van der Waals surface area contributed by atoms with Crippen molar-refractivity contribution in [3.05, 3.63) is 405 Å². The summed E-state index contributed by atoms with van der Waals surface area (Å²) in [6, 6.07) is 131. The number of rotatable bonds is 9. The first-order valence-corrected chi connectivity index (χ1v) is 45.7. The van der Waals surface area contributed by atoms with Crippen LogP contribution >= 0.6 is 22.7 Å². The van der Waals surface area contributed by atoms with Crippen molar-refractivity contribution in [2.45, 2.75) is 33.1 Å². The Hall–Kier alpha value is -16.5. The van der Waals surface area contributed by atoms with Gasteiger partial charge in [0, 0.05) is 141 Å². The summed E-state index contributed by atoms with van der Waals surface area (Å²) >= 11 is 3.54. The fourth-order valence-corrected chi connectivity index (χ4v) is 22.6. The number of hydrogen-bond donors (Lipinski definition) is 0. The van der Waals surface area contributed by atoms with E-state index in [0.717, 1.165) is 155 Å². The van der Waals surface area contributed by atoms with Crippen LogP contribution in [0.15, 0.2) is 396 Å². The summed E-state index contributed by atoms with van der Waals surface area (Å²) < 4.78 is 31.4. The molecule has 14 heteroatoms. The molecule has 0 atom stereocenters. The van der Waals surface area contributed by atoms with Gasteiger partial charge >= 0.3 is 0 Å². The zero-order valence-corrected chi connectivity index (χ0v) is 73.1. The van der Waals surface area contributed by atoms with E-state index >= 15 is 0 Å². The monoisotopic (exact) mass is 1720 g/mol. The van der Waals surface area contributed by atoms with Crippen LogP contribution in [0, 0.1) is 13.8 Å². The van der Waals surface area contributed by atoms with Crippen molar-refractivity contribution >= 4 is 173 Å².